The lowest BCUT2D eigenvalue weighted by atomic mass is 9.96. The van der Waals surface area contributed by atoms with Crippen LogP contribution in [-0.4, -0.2) is 30.4 Å². The van der Waals surface area contributed by atoms with Crippen LogP contribution in [0.4, 0.5) is 0 Å². The third kappa shape index (κ3) is 3.93. The molecule has 1 aliphatic rings. The summed E-state index contributed by atoms with van der Waals surface area (Å²) in [5, 5.41) is 1.70. The summed E-state index contributed by atoms with van der Waals surface area (Å²) in [6, 6.07) is 0. The van der Waals surface area contributed by atoms with Crippen LogP contribution >= 0.6 is 0 Å². The van der Waals surface area contributed by atoms with E-state index in [2.05, 4.69) is 0 Å². The van der Waals surface area contributed by atoms with Gasteiger partial charge in [0.05, 0.1) is 5.41 Å². The molecular formula is C12H21NO3. The molecule has 0 aromatic carbocycles. The molecule has 1 atom stereocenters. The van der Waals surface area contributed by atoms with Gasteiger partial charge in [0.15, 0.2) is 0 Å². The Hall–Kier alpha value is -0.900. The molecule has 1 rings (SSSR count). The Kier molecular flexibility index (Phi) is 4.47. The maximum absolute atomic E-state index is 11.7. The molecule has 1 unspecified atom stereocenters. The summed E-state index contributed by atoms with van der Waals surface area (Å²) < 4.78 is 0. The smallest absolute Gasteiger partial charge is 0.330 e. The third-order valence-corrected chi connectivity index (χ3v) is 2.74. The molecule has 0 saturated carbocycles. The minimum absolute atomic E-state index is 0.209. The second kappa shape index (κ2) is 5.43. The van der Waals surface area contributed by atoms with Crippen LogP contribution in [0.2, 0.25) is 0 Å². The number of piperidine rings is 1. The van der Waals surface area contributed by atoms with Crippen molar-refractivity contribution in [3.05, 3.63) is 0 Å². The Morgan fingerprint density at radius 2 is 2.19 bits per heavy atom. The van der Waals surface area contributed by atoms with Gasteiger partial charge in [0.25, 0.3) is 0 Å². The van der Waals surface area contributed by atoms with Crippen LogP contribution < -0.4 is 0 Å². The van der Waals surface area contributed by atoms with E-state index < -0.39 is 5.41 Å². The molecule has 4 nitrogen and oxygen atoms in total. The first-order valence-corrected chi connectivity index (χ1v) is 5.84. The van der Waals surface area contributed by atoms with Crippen molar-refractivity contribution in [2.24, 2.45) is 11.3 Å². The molecule has 1 saturated heterocycles. The van der Waals surface area contributed by atoms with E-state index in [1.165, 1.54) is 0 Å². The Balaban J connectivity index is 2.43. The zero-order chi connectivity index (χ0) is 12.2. The summed E-state index contributed by atoms with van der Waals surface area (Å²) in [5.74, 6) is 0.123. The van der Waals surface area contributed by atoms with Crippen molar-refractivity contribution in [2.75, 3.05) is 13.1 Å². The summed E-state index contributed by atoms with van der Waals surface area (Å²) in [7, 11) is 0. The molecule has 0 aromatic heterocycles. The minimum Gasteiger partial charge on any atom is -0.367 e. The number of hydrogen-bond acceptors (Lipinski definition) is 4. The maximum atomic E-state index is 11.7. The molecule has 1 aliphatic heterocycles. The lowest BCUT2D eigenvalue weighted by Crippen LogP contribution is -2.40. The Morgan fingerprint density at radius 3 is 2.75 bits per heavy atom. The van der Waals surface area contributed by atoms with Gasteiger partial charge in [-0.1, -0.05) is 0 Å². The molecule has 0 N–H and O–H groups in total. The standard InChI is InChI=1S/C12H21NO3/c1-12(2,3)11(15)16-13-7-4-5-10(9-13)6-8-14/h8,10H,4-7,9H2,1-3H3. The van der Waals surface area contributed by atoms with Crippen LogP contribution in [-0.2, 0) is 14.4 Å². The molecule has 4 heteroatoms. The topological polar surface area (TPSA) is 46.6 Å². The molecule has 0 aromatic rings. The fourth-order valence-electron chi connectivity index (χ4n) is 1.69. The van der Waals surface area contributed by atoms with Crippen molar-refractivity contribution in [3.8, 4) is 0 Å². The maximum Gasteiger partial charge on any atom is 0.330 e. The van der Waals surface area contributed by atoms with Gasteiger partial charge in [0, 0.05) is 19.5 Å². The van der Waals surface area contributed by atoms with Gasteiger partial charge in [-0.05, 0) is 39.5 Å². The van der Waals surface area contributed by atoms with Crippen LogP contribution in [0.3, 0.4) is 0 Å². The predicted octanol–water partition coefficient (Wildman–Crippen LogP) is 1.79. The van der Waals surface area contributed by atoms with E-state index in [1.807, 2.05) is 20.8 Å². The molecule has 1 fully saturated rings. The molecular weight excluding hydrogens is 206 g/mol. The Morgan fingerprint density at radius 1 is 1.50 bits per heavy atom. The van der Waals surface area contributed by atoms with Crippen LogP contribution in [0, 0.1) is 11.3 Å². The van der Waals surface area contributed by atoms with E-state index in [0.717, 1.165) is 25.7 Å². The zero-order valence-corrected chi connectivity index (χ0v) is 10.4. The van der Waals surface area contributed by atoms with E-state index in [1.54, 1.807) is 5.06 Å². The van der Waals surface area contributed by atoms with E-state index in [0.29, 0.717) is 18.9 Å². The molecule has 0 spiro atoms. The fourth-order valence-corrected chi connectivity index (χ4v) is 1.69. The molecule has 1 heterocycles. The quantitative estimate of drug-likeness (QED) is 0.690. The summed E-state index contributed by atoms with van der Waals surface area (Å²) in [4.78, 5) is 27.4. The van der Waals surface area contributed by atoms with Gasteiger partial charge in [-0.3, -0.25) is 0 Å². The van der Waals surface area contributed by atoms with Crippen molar-refractivity contribution in [1.82, 2.24) is 5.06 Å². The highest BCUT2D eigenvalue weighted by molar-refractivity contribution is 5.75. The first kappa shape index (κ1) is 13.2. The second-order valence-electron chi connectivity index (χ2n) is 5.43. The van der Waals surface area contributed by atoms with Crippen LogP contribution in [0.5, 0.6) is 0 Å². The van der Waals surface area contributed by atoms with Crippen LogP contribution in [0.15, 0.2) is 0 Å². The predicted molar refractivity (Wildman–Crippen MR) is 60.5 cm³/mol. The second-order valence-corrected chi connectivity index (χ2v) is 5.43. The van der Waals surface area contributed by atoms with Gasteiger partial charge in [0.2, 0.25) is 0 Å². The number of aldehydes is 1. The van der Waals surface area contributed by atoms with E-state index in [4.69, 9.17) is 4.84 Å². The number of hydroxylamine groups is 2. The van der Waals surface area contributed by atoms with Crippen molar-refractivity contribution in [1.29, 1.82) is 0 Å². The lowest BCUT2D eigenvalue weighted by molar-refractivity contribution is -0.207. The average molecular weight is 227 g/mol. The van der Waals surface area contributed by atoms with Gasteiger partial charge in [0.1, 0.15) is 6.29 Å². The number of nitrogens with zero attached hydrogens (tertiary/aromatic N) is 1. The molecule has 0 radical (unpaired) electrons. The fraction of sp³-hybridized carbons (Fsp3) is 0.833. The highest BCUT2D eigenvalue weighted by Crippen LogP contribution is 2.22. The molecule has 0 aliphatic carbocycles. The zero-order valence-electron chi connectivity index (χ0n) is 10.4. The number of hydrogen-bond donors (Lipinski definition) is 0. The summed E-state index contributed by atoms with van der Waals surface area (Å²) in [5.41, 5.74) is -0.475. The van der Waals surface area contributed by atoms with Crippen LogP contribution in [0.25, 0.3) is 0 Å². The first-order chi connectivity index (χ1) is 7.43. The summed E-state index contributed by atoms with van der Waals surface area (Å²) in [6.45, 7) is 6.96. The van der Waals surface area contributed by atoms with E-state index in [9.17, 15) is 9.59 Å². The van der Waals surface area contributed by atoms with Gasteiger partial charge in [-0.15, -0.1) is 5.06 Å². The van der Waals surface area contributed by atoms with Crippen molar-refractivity contribution in [3.63, 3.8) is 0 Å². The van der Waals surface area contributed by atoms with Gasteiger partial charge in [-0.25, -0.2) is 4.79 Å². The van der Waals surface area contributed by atoms with Crippen LogP contribution in [0.1, 0.15) is 40.0 Å². The lowest BCUT2D eigenvalue weighted by Gasteiger charge is -2.32. The van der Waals surface area contributed by atoms with E-state index in [-0.39, 0.29) is 5.97 Å². The monoisotopic (exact) mass is 227 g/mol. The number of rotatable bonds is 3. The summed E-state index contributed by atoms with van der Waals surface area (Å²) in [6.07, 6.45) is 3.53. The number of carbonyl (C=O) groups is 2. The summed E-state index contributed by atoms with van der Waals surface area (Å²) >= 11 is 0. The normalized spacial score (nSPS) is 22.8. The number of carbonyl (C=O) groups excluding carboxylic acids is 2. The largest absolute Gasteiger partial charge is 0.367 e. The van der Waals surface area contributed by atoms with Crippen molar-refractivity contribution >= 4 is 12.3 Å². The molecule has 16 heavy (non-hydrogen) atoms. The highest BCUT2D eigenvalue weighted by Gasteiger charge is 2.28. The van der Waals surface area contributed by atoms with E-state index >= 15 is 0 Å². The Labute approximate surface area is 96.9 Å². The van der Waals surface area contributed by atoms with Gasteiger partial charge in [-0.2, -0.15) is 0 Å². The molecule has 92 valence electrons. The highest BCUT2D eigenvalue weighted by atomic mass is 16.7. The molecule has 0 amide bonds. The van der Waals surface area contributed by atoms with Gasteiger partial charge < -0.3 is 9.63 Å². The minimum atomic E-state index is -0.475. The average Bonchev–Trinajstić information content (AvgIpc) is 2.17. The SMILES string of the molecule is CC(C)(C)C(=O)ON1CCCC(CC=O)C1. The van der Waals surface area contributed by atoms with Crippen molar-refractivity contribution < 1.29 is 14.4 Å². The Bertz CT molecular complexity index is 257. The van der Waals surface area contributed by atoms with Gasteiger partial charge >= 0.3 is 5.97 Å². The van der Waals surface area contributed by atoms with Crippen molar-refractivity contribution in [2.45, 2.75) is 40.0 Å². The molecule has 0 bridgehead atoms. The third-order valence-electron chi connectivity index (χ3n) is 2.74. The first-order valence-electron chi connectivity index (χ1n) is 5.84.